The van der Waals surface area contributed by atoms with Gasteiger partial charge in [0.2, 0.25) is 0 Å². The maximum atomic E-state index is 12.7. The topological polar surface area (TPSA) is 128 Å². The number of esters is 1. The lowest BCUT2D eigenvalue weighted by Crippen LogP contribution is -2.56. The fourth-order valence-corrected chi connectivity index (χ4v) is 5.10. The third kappa shape index (κ3) is 5.10. The third-order valence-electron chi connectivity index (χ3n) is 6.63. The first kappa shape index (κ1) is 26.8. The number of hydrogen-bond donors (Lipinski definition) is 0. The Kier molecular flexibility index (Phi) is 6.47. The molecule has 1 aromatic rings. The molecule has 4 aliphatic rings. The van der Waals surface area contributed by atoms with Crippen LogP contribution in [0.25, 0.3) is 0 Å². The zero-order valence-corrected chi connectivity index (χ0v) is 22.5. The van der Waals surface area contributed by atoms with Crippen molar-refractivity contribution in [2.24, 2.45) is 0 Å². The molecule has 0 aliphatic carbocycles. The van der Waals surface area contributed by atoms with Crippen LogP contribution in [0, 0.1) is 0 Å². The summed E-state index contributed by atoms with van der Waals surface area (Å²) in [5, 5.41) is 0. The smallest absolute Gasteiger partial charge is 0.422 e. The first-order chi connectivity index (χ1) is 17.6. The minimum absolute atomic E-state index is 0.157. The van der Waals surface area contributed by atoms with Crippen molar-refractivity contribution in [1.82, 2.24) is 4.90 Å². The van der Waals surface area contributed by atoms with Crippen LogP contribution in [0.2, 0.25) is 0 Å². The number of imide groups is 1. The summed E-state index contributed by atoms with van der Waals surface area (Å²) in [6, 6.07) is 5.15. The number of hydrogen-bond acceptors (Lipinski definition) is 11. The van der Waals surface area contributed by atoms with Crippen LogP contribution in [0.15, 0.2) is 18.2 Å². The van der Waals surface area contributed by atoms with Gasteiger partial charge in [-0.1, -0.05) is 12.1 Å². The number of nitrogens with zero attached hydrogens (tertiary/aromatic N) is 1. The molecule has 0 N–H and O–H groups in total. The predicted octanol–water partition coefficient (Wildman–Crippen LogP) is 2.30. The van der Waals surface area contributed by atoms with Gasteiger partial charge >= 0.3 is 18.0 Å². The number of ether oxygens (including phenoxy) is 8. The fraction of sp³-hybridized carbons (Fsp3) is 0.654. The fourth-order valence-electron chi connectivity index (χ4n) is 5.10. The highest BCUT2D eigenvalue weighted by Crippen LogP contribution is 2.44. The molecule has 0 bridgehead atoms. The number of rotatable bonds is 3. The average Bonchev–Trinajstić information content (AvgIpc) is 3.43. The molecule has 38 heavy (non-hydrogen) atoms. The van der Waals surface area contributed by atoms with Crippen LogP contribution in [0.4, 0.5) is 4.79 Å². The first-order valence-electron chi connectivity index (χ1n) is 12.5. The second-order valence-corrected chi connectivity index (χ2v) is 11.3. The standard InChI is InChI=1S/C26H33NO11/c1-24(2)11-13-9-8-10-14(16(13)34-24)33-23(30)27(7)20(28)21(29)31-12-15-17-18(36-25(3,4)35-17)19-22(32-15)38-26(5,6)37-19/h8-10,15,17-19,22H,11-12H2,1-7H3/t15-,17+,18+,19-,22-/m1/s1. The SMILES string of the molecule is CN(C(=O)Oc1cccc2c1OC(C)(C)C2)C(=O)C(=O)OC[C@H]1O[C@@H]2OC(C)(C)O[C@@H]2[C@H]2OC(C)(C)O[C@H]21. The number of likely N-dealkylation sites (N-methyl/N-ethyl adjacent to an activating group) is 1. The highest BCUT2D eigenvalue weighted by Gasteiger charge is 2.61. The van der Waals surface area contributed by atoms with Gasteiger partial charge in [0.1, 0.15) is 36.6 Å². The van der Waals surface area contributed by atoms with E-state index < -0.39 is 65.9 Å². The highest BCUT2D eigenvalue weighted by atomic mass is 16.9. The summed E-state index contributed by atoms with van der Waals surface area (Å²) in [6.45, 7) is 10.5. The number of para-hydroxylation sites is 1. The molecule has 0 aromatic heterocycles. The van der Waals surface area contributed by atoms with Crippen molar-refractivity contribution in [1.29, 1.82) is 0 Å². The molecule has 1 aromatic carbocycles. The van der Waals surface area contributed by atoms with Gasteiger partial charge in [-0.25, -0.2) is 14.5 Å². The Morgan fingerprint density at radius 2 is 1.61 bits per heavy atom. The first-order valence-corrected chi connectivity index (χ1v) is 12.5. The van der Waals surface area contributed by atoms with Crippen LogP contribution in [0.5, 0.6) is 11.5 Å². The van der Waals surface area contributed by atoms with Crippen LogP contribution in [-0.4, -0.2) is 84.4 Å². The third-order valence-corrected chi connectivity index (χ3v) is 6.63. The van der Waals surface area contributed by atoms with E-state index in [1.165, 1.54) is 0 Å². The van der Waals surface area contributed by atoms with Crippen molar-refractivity contribution >= 4 is 18.0 Å². The second kappa shape index (κ2) is 9.16. The number of carbonyl (C=O) groups excluding carboxylic acids is 3. The monoisotopic (exact) mass is 535 g/mol. The minimum atomic E-state index is -1.26. The lowest BCUT2D eigenvalue weighted by molar-refractivity contribution is -0.242. The predicted molar refractivity (Wildman–Crippen MR) is 127 cm³/mol. The molecule has 0 radical (unpaired) electrons. The maximum absolute atomic E-state index is 12.7. The van der Waals surface area contributed by atoms with Gasteiger partial charge in [-0.15, -0.1) is 0 Å². The van der Waals surface area contributed by atoms with E-state index in [-0.39, 0.29) is 12.4 Å². The maximum Gasteiger partial charge on any atom is 0.422 e. The Labute approximate surface area is 220 Å². The quantitative estimate of drug-likeness (QED) is 0.418. The van der Waals surface area contributed by atoms with Crippen molar-refractivity contribution in [2.75, 3.05) is 13.7 Å². The Bertz CT molecular complexity index is 1150. The Hall–Kier alpha value is -2.77. The van der Waals surface area contributed by atoms with Crippen LogP contribution < -0.4 is 9.47 Å². The molecule has 0 unspecified atom stereocenters. The molecule has 2 amide bonds. The van der Waals surface area contributed by atoms with E-state index in [9.17, 15) is 14.4 Å². The van der Waals surface area contributed by atoms with E-state index in [4.69, 9.17) is 37.9 Å². The van der Waals surface area contributed by atoms with Crippen LogP contribution in [-0.2, 0) is 44.4 Å². The summed E-state index contributed by atoms with van der Waals surface area (Å²) in [6.07, 6.45) is -3.72. The molecule has 4 aliphatic heterocycles. The van der Waals surface area contributed by atoms with Gasteiger partial charge < -0.3 is 37.9 Å². The Morgan fingerprint density at radius 1 is 0.947 bits per heavy atom. The number of fused-ring (bicyclic) bond motifs is 4. The zero-order valence-electron chi connectivity index (χ0n) is 22.5. The number of amides is 2. The van der Waals surface area contributed by atoms with Gasteiger partial charge in [-0.05, 0) is 47.6 Å². The minimum Gasteiger partial charge on any atom is -0.483 e. The summed E-state index contributed by atoms with van der Waals surface area (Å²) in [4.78, 5) is 38.4. The van der Waals surface area contributed by atoms with Gasteiger partial charge in [-0.3, -0.25) is 4.79 Å². The zero-order chi connectivity index (χ0) is 27.6. The lowest BCUT2D eigenvalue weighted by atomic mass is 9.99. The molecular formula is C26H33NO11. The van der Waals surface area contributed by atoms with Gasteiger partial charge in [0.05, 0.1) is 0 Å². The number of benzene rings is 1. The van der Waals surface area contributed by atoms with Gasteiger partial charge in [0, 0.05) is 19.0 Å². The van der Waals surface area contributed by atoms with Crippen molar-refractivity contribution in [3.63, 3.8) is 0 Å². The number of carbonyl (C=O) groups is 3. The molecule has 0 saturated carbocycles. The lowest BCUT2D eigenvalue weighted by Gasteiger charge is -2.36. The Morgan fingerprint density at radius 3 is 2.34 bits per heavy atom. The largest absolute Gasteiger partial charge is 0.483 e. The molecule has 12 heteroatoms. The van der Waals surface area contributed by atoms with E-state index in [1.807, 2.05) is 19.9 Å². The molecule has 5 rings (SSSR count). The highest BCUT2D eigenvalue weighted by molar-refractivity contribution is 6.34. The van der Waals surface area contributed by atoms with Crippen molar-refractivity contribution < 1.29 is 52.3 Å². The van der Waals surface area contributed by atoms with Gasteiger partial charge in [0.15, 0.2) is 29.4 Å². The van der Waals surface area contributed by atoms with E-state index >= 15 is 0 Å². The van der Waals surface area contributed by atoms with Crippen LogP contribution >= 0.6 is 0 Å². The molecule has 4 heterocycles. The average molecular weight is 536 g/mol. The summed E-state index contributed by atoms with van der Waals surface area (Å²) < 4.78 is 46.2. The van der Waals surface area contributed by atoms with E-state index in [0.717, 1.165) is 12.6 Å². The summed E-state index contributed by atoms with van der Waals surface area (Å²) in [5.74, 6) is -3.71. The molecule has 3 fully saturated rings. The van der Waals surface area contributed by atoms with Gasteiger partial charge in [0.25, 0.3) is 0 Å². The summed E-state index contributed by atoms with van der Waals surface area (Å²) in [7, 11) is 1.12. The molecule has 3 saturated heterocycles. The normalized spacial score (nSPS) is 31.4. The van der Waals surface area contributed by atoms with Crippen molar-refractivity contribution in [3.05, 3.63) is 23.8 Å². The molecular weight excluding hydrogens is 502 g/mol. The molecule has 208 valence electrons. The summed E-state index contributed by atoms with van der Waals surface area (Å²) in [5.41, 5.74) is 0.425. The second-order valence-electron chi connectivity index (χ2n) is 11.3. The summed E-state index contributed by atoms with van der Waals surface area (Å²) >= 11 is 0. The van der Waals surface area contributed by atoms with Gasteiger partial charge in [-0.2, -0.15) is 0 Å². The van der Waals surface area contributed by atoms with E-state index in [0.29, 0.717) is 17.1 Å². The van der Waals surface area contributed by atoms with E-state index in [2.05, 4.69) is 0 Å². The van der Waals surface area contributed by atoms with Crippen LogP contribution in [0.3, 0.4) is 0 Å². The van der Waals surface area contributed by atoms with Crippen LogP contribution in [0.1, 0.15) is 47.1 Å². The molecule has 12 nitrogen and oxygen atoms in total. The van der Waals surface area contributed by atoms with Crippen molar-refractivity contribution in [3.8, 4) is 11.5 Å². The molecule has 5 atom stereocenters. The Balaban J connectivity index is 1.20. The van der Waals surface area contributed by atoms with E-state index in [1.54, 1.807) is 39.8 Å². The van der Waals surface area contributed by atoms with Crippen molar-refractivity contribution in [2.45, 2.75) is 95.8 Å². The molecule has 0 spiro atoms.